The van der Waals surface area contributed by atoms with Crippen LogP contribution < -0.4 is 5.32 Å². The van der Waals surface area contributed by atoms with Crippen molar-refractivity contribution in [3.05, 3.63) is 35.9 Å². The van der Waals surface area contributed by atoms with Crippen LogP contribution >= 0.6 is 0 Å². The molecule has 2 saturated heterocycles. The fourth-order valence-electron chi connectivity index (χ4n) is 4.44. The first-order valence-corrected chi connectivity index (χ1v) is 10.9. The van der Waals surface area contributed by atoms with Gasteiger partial charge < -0.3 is 10.2 Å². The quantitative estimate of drug-likeness (QED) is 0.800. The second kappa shape index (κ2) is 10.2. The van der Waals surface area contributed by atoms with Gasteiger partial charge in [-0.15, -0.1) is 0 Å². The molecular formula is C23H37N3O. The molecule has 2 aliphatic heterocycles. The molecule has 1 aromatic carbocycles. The van der Waals surface area contributed by atoms with Crippen molar-refractivity contribution in [2.75, 3.05) is 39.3 Å². The van der Waals surface area contributed by atoms with E-state index in [0.717, 1.165) is 38.9 Å². The van der Waals surface area contributed by atoms with Crippen LogP contribution in [0.5, 0.6) is 0 Å². The monoisotopic (exact) mass is 371 g/mol. The highest BCUT2D eigenvalue weighted by Gasteiger charge is 2.31. The maximum absolute atomic E-state index is 12.5. The number of benzene rings is 1. The van der Waals surface area contributed by atoms with E-state index in [9.17, 15) is 4.79 Å². The lowest BCUT2D eigenvalue weighted by Crippen LogP contribution is -2.51. The van der Waals surface area contributed by atoms with Crippen molar-refractivity contribution < 1.29 is 4.79 Å². The highest BCUT2D eigenvalue weighted by Crippen LogP contribution is 2.24. The molecule has 0 bridgehead atoms. The summed E-state index contributed by atoms with van der Waals surface area (Å²) in [5.41, 5.74) is 1.44. The number of carbonyl (C=O) groups excluding carboxylic acids is 1. The lowest BCUT2D eigenvalue weighted by molar-refractivity contribution is -0.127. The van der Waals surface area contributed by atoms with Crippen molar-refractivity contribution in [1.82, 2.24) is 15.1 Å². The van der Waals surface area contributed by atoms with Gasteiger partial charge in [0, 0.05) is 25.7 Å². The summed E-state index contributed by atoms with van der Waals surface area (Å²) in [5.74, 6) is 0.983. The Labute approximate surface area is 165 Å². The van der Waals surface area contributed by atoms with Crippen molar-refractivity contribution >= 4 is 5.91 Å². The molecule has 0 radical (unpaired) electrons. The fraction of sp³-hybridized carbons (Fsp3) is 0.696. The number of likely N-dealkylation sites (tertiary alicyclic amines) is 2. The predicted molar refractivity (Wildman–Crippen MR) is 112 cm³/mol. The lowest BCUT2D eigenvalue weighted by atomic mass is 9.93. The lowest BCUT2D eigenvalue weighted by Gasteiger charge is -2.42. The molecule has 27 heavy (non-hydrogen) atoms. The van der Waals surface area contributed by atoms with Crippen LogP contribution in [-0.4, -0.2) is 61.0 Å². The molecule has 1 aromatic rings. The number of amides is 1. The van der Waals surface area contributed by atoms with Crippen molar-refractivity contribution in [2.45, 2.75) is 52.0 Å². The third-order valence-electron chi connectivity index (χ3n) is 6.14. The Balaban J connectivity index is 1.40. The summed E-state index contributed by atoms with van der Waals surface area (Å²) in [6, 6.07) is 11.5. The molecule has 0 saturated carbocycles. The van der Waals surface area contributed by atoms with Crippen LogP contribution in [0.4, 0.5) is 0 Å². The molecule has 0 aromatic heterocycles. The minimum atomic E-state index is 0.189. The van der Waals surface area contributed by atoms with Crippen LogP contribution in [0.1, 0.15) is 45.1 Å². The molecule has 3 rings (SSSR count). The van der Waals surface area contributed by atoms with Crippen LogP contribution in [0.25, 0.3) is 0 Å². The molecule has 1 atom stereocenters. The summed E-state index contributed by atoms with van der Waals surface area (Å²) in [5, 5.41) is 3.14. The summed E-state index contributed by atoms with van der Waals surface area (Å²) < 4.78 is 0. The zero-order valence-corrected chi connectivity index (χ0v) is 17.2. The van der Waals surface area contributed by atoms with E-state index in [2.05, 4.69) is 59.3 Å². The van der Waals surface area contributed by atoms with Crippen molar-refractivity contribution in [1.29, 1.82) is 0 Å². The molecule has 1 N–H and O–H groups in total. The molecule has 0 spiro atoms. The van der Waals surface area contributed by atoms with Crippen molar-refractivity contribution in [2.24, 2.45) is 11.8 Å². The molecule has 2 heterocycles. The fourth-order valence-corrected chi connectivity index (χ4v) is 4.44. The Morgan fingerprint density at radius 1 is 1.11 bits per heavy atom. The van der Waals surface area contributed by atoms with E-state index in [1.54, 1.807) is 0 Å². The first-order valence-electron chi connectivity index (χ1n) is 10.9. The average molecular weight is 372 g/mol. The number of piperidine rings is 2. The molecule has 1 amide bonds. The Morgan fingerprint density at radius 2 is 1.85 bits per heavy atom. The van der Waals surface area contributed by atoms with Gasteiger partial charge in [-0.2, -0.15) is 0 Å². The summed E-state index contributed by atoms with van der Waals surface area (Å²) >= 11 is 0. The number of carbonyl (C=O) groups is 1. The van der Waals surface area contributed by atoms with Gasteiger partial charge in [0.05, 0.1) is 5.92 Å². The predicted octanol–water partition coefficient (Wildman–Crippen LogP) is 3.18. The molecular weight excluding hydrogens is 334 g/mol. The number of rotatable bonds is 7. The molecule has 0 aliphatic carbocycles. The third kappa shape index (κ3) is 6.32. The van der Waals surface area contributed by atoms with Gasteiger partial charge in [-0.1, -0.05) is 44.2 Å². The van der Waals surface area contributed by atoms with Crippen LogP contribution in [0.2, 0.25) is 0 Å². The smallest absolute Gasteiger partial charge is 0.224 e. The van der Waals surface area contributed by atoms with Gasteiger partial charge in [0.1, 0.15) is 0 Å². The van der Waals surface area contributed by atoms with Gasteiger partial charge in [-0.3, -0.25) is 9.69 Å². The van der Waals surface area contributed by atoms with Gasteiger partial charge in [-0.05, 0) is 63.2 Å². The first kappa shape index (κ1) is 20.3. The van der Waals surface area contributed by atoms with E-state index < -0.39 is 0 Å². The first-order chi connectivity index (χ1) is 13.1. The molecule has 2 aliphatic rings. The van der Waals surface area contributed by atoms with Crippen molar-refractivity contribution in [3.63, 3.8) is 0 Å². The maximum atomic E-state index is 12.5. The number of nitrogens with one attached hydrogen (secondary N) is 1. The number of hydrogen-bond acceptors (Lipinski definition) is 3. The highest BCUT2D eigenvalue weighted by atomic mass is 16.1. The molecule has 2 fully saturated rings. The van der Waals surface area contributed by atoms with Crippen LogP contribution in [0.3, 0.4) is 0 Å². The second-order valence-corrected chi connectivity index (χ2v) is 8.78. The zero-order chi connectivity index (χ0) is 19.1. The SMILES string of the molecule is CC(C)CNC(=O)C1CCCN(C2CCN(CCc3ccccc3)CC2)C1. The number of hydrogen-bond donors (Lipinski definition) is 1. The van der Waals surface area contributed by atoms with E-state index in [-0.39, 0.29) is 11.8 Å². The summed E-state index contributed by atoms with van der Waals surface area (Å²) in [7, 11) is 0. The Kier molecular flexibility index (Phi) is 7.71. The van der Waals surface area contributed by atoms with Gasteiger partial charge in [0.25, 0.3) is 0 Å². The van der Waals surface area contributed by atoms with Gasteiger partial charge in [0.2, 0.25) is 5.91 Å². The van der Waals surface area contributed by atoms with Gasteiger partial charge in [0.15, 0.2) is 0 Å². The highest BCUT2D eigenvalue weighted by molar-refractivity contribution is 5.78. The number of nitrogens with zero attached hydrogens (tertiary/aromatic N) is 2. The van der Waals surface area contributed by atoms with Gasteiger partial charge >= 0.3 is 0 Å². The van der Waals surface area contributed by atoms with Crippen LogP contribution in [-0.2, 0) is 11.2 Å². The van der Waals surface area contributed by atoms with Gasteiger partial charge in [-0.25, -0.2) is 0 Å². The Bertz CT molecular complexity index is 566. The molecule has 150 valence electrons. The molecule has 4 nitrogen and oxygen atoms in total. The third-order valence-corrected chi connectivity index (χ3v) is 6.14. The van der Waals surface area contributed by atoms with E-state index >= 15 is 0 Å². The Hall–Kier alpha value is -1.39. The summed E-state index contributed by atoms with van der Waals surface area (Å²) in [6.07, 6.45) is 5.85. The minimum absolute atomic E-state index is 0.189. The second-order valence-electron chi connectivity index (χ2n) is 8.78. The van der Waals surface area contributed by atoms with E-state index in [1.807, 2.05) is 0 Å². The van der Waals surface area contributed by atoms with Crippen LogP contribution in [0.15, 0.2) is 30.3 Å². The van der Waals surface area contributed by atoms with E-state index in [4.69, 9.17) is 0 Å². The Morgan fingerprint density at radius 3 is 2.56 bits per heavy atom. The normalized spacial score (nSPS) is 22.9. The summed E-state index contributed by atoms with van der Waals surface area (Å²) in [4.78, 5) is 17.7. The van der Waals surface area contributed by atoms with Crippen molar-refractivity contribution in [3.8, 4) is 0 Å². The summed E-state index contributed by atoms with van der Waals surface area (Å²) in [6.45, 7) is 10.8. The van der Waals surface area contributed by atoms with E-state index in [0.29, 0.717) is 12.0 Å². The molecule has 1 unspecified atom stereocenters. The topological polar surface area (TPSA) is 35.6 Å². The zero-order valence-electron chi connectivity index (χ0n) is 17.2. The molecule has 4 heteroatoms. The van der Waals surface area contributed by atoms with E-state index in [1.165, 1.54) is 38.0 Å². The van der Waals surface area contributed by atoms with Crippen LogP contribution in [0, 0.1) is 11.8 Å². The standard InChI is InChI=1S/C23H37N3O/c1-19(2)17-24-23(27)21-9-6-13-26(18-21)22-11-15-25(16-12-22)14-10-20-7-4-3-5-8-20/h3-5,7-8,19,21-22H,6,9-18H2,1-2H3,(H,24,27). The maximum Gasteiger partial charge on any atom is 0.224 e. The largest absolute Gasteiger partial charge is 0.356 e. The average Bonchev–Trinajstić information content (AvgIpc) is 2.71. The minimum Gasteiger partial charge on any atom is -0.356 e.